The molecule has 74 valence electrons. The highest BCUT2D eigenvalue weighted by molar-refractivity contribution is 5.35. The van der Waals surface area contributed by atoms with Gasteiger partial charge in [-0.15, -0.1) is 0 Å². The molecule has 0 radical (unpaired) electrons. The second-order valence-corrected chi connectivity index (χ2v) is 3.62. The summed E-state index contributed by atoms with van der Waals surface area (Å²) in [5.41, 5.74) is 6.74. The van der Waals surface area contributed by atoms with E-state index in [-0.39, 0.29) is 17.5 Å². The molecule has 1 aromatic carbocycles. The van der Waals surface area contributed by atoms with Gasteiger partial charge >= 0.3 is 0 Å². The SMILES string of the molecule is CC(C)[C@H](N)c1ccc(F)c(C#N)c1. The van der Waals surface area contributed by atoms with Crippen LogP contribution in [-0.2, 0) is 0 Å². The lowest BCUT2D eigenvalue weighted by Crippen LogP contribution is -2.16. The Hall–Kier alpha value is -1.40. The third-order valence-corrected chi connectivity index (χ3v) is 2.21. The summed E-state index contributed by atoms with van der Waals surface area (Å²) in [6.07, 6.45) is 0. The van der Waals surface area contributed by atoms with E-state index in [0.29, 0.717) is 0 Å². The number of nitrogens with zero attached hydrogens (tertiary/aromatic N) is 1. The fourth-order valence-electron chi connectivity index (χ4n) is 1.22. The molecule has 1 aromatic rings. The Morgan fingerprint density at radius 3 is 2.57 bits per heavy atom. The molecule has 1 rings (SSSR count). The van der Waals surface area contributed by atoms with Crippen LogP contribution in [0.4, 0.5) is 4.39 Å². The van der Waals surface area contributed by atoms with Crippen molar-refractivity contribution in [3.63, 3.8) is 0 Å². The van der Waals surface area contributed by atoms with Gasteiger partial charge in [-0.3, -0.25) is 0 Å². The molecule has 1 atom stereocenters. The molecule has 3 heteroatoms. The first kappa shape index (κ1) is 10.7. The molecule has 0 spiro atoms. The van der Waals surface area contributed by atoms with E-state index in [1.54, 1.807) is 12.1 Å². The van der Waals surface area contributed by atoms with Gasteiger partial charge in [-0.1, -0.05) is 19.9 Å². The number of benzene rings is 1. The van der Waals surface area contributed by atoms with Crippen LogP contribution in [0.25, 0.3) is 0 Å². The smallest absolute Gasteiger partial charge is 0.140 e. The Bertz CT molecular complexity index is 366. The van der Waals surface area contributed by atoms with Crippen molar-refractivity contribution in [1.29, 1.82) is 5.26 Å². The van der Waals surface area contributed by atoms with E-state index >= 15 is 0 Å². The molecule has 0 fully saturated rings. The predicted molar refractivity (Wildman–Crippen MR) is 52.9 cm³/mol. The van der Waals surface area contributed by atoms with E-state index in [2.05, 4.69) is 0 Å². The molecule has 0 unspecified atom stereocenters. The van der Waals surface area contributed by atoms with Crippen molar-refractivity contribution in [2.45, 2.75) is 19.9 Å². The van der Waals surface area contributed by atoms with E-state index in [1.807, 2.05) is 13.8 Å². The molecule has 2 N–H and O–H groups in total. The van der Waals surface area contributed by atoms with Crippen LogP contribution in [0.15, 0.2) is 18.2 Å². The lowest BCUT2D eigenvalue weighted by atomic mass is 9.96. The van der Waals surface area contributed by atoms with Crippen molar-refractivity contribution in [2.75, 3.05) is 0 Å². The molecule has 0 aliphatic carbocycles. The monoisotopic (exact) mass is 192 g/mol. The minimum atomic E-state index is -0.493. The lowest BCUT2D eigenvalue weighted by Gasteiger charge is -2.16. The second kappa shape index (κ2) is 4.21. The average molecular weight is 192 g/mol. The first-order valence-corrected chi connectivity index (χ1v) is 4.51. The normalized spacial score (nSPS) is 12.6. The molecule has 0 aliphatic rings. The standard InChI is InChI=1S/C11H13FN2/c1-7(2)11(14)8-3-4-10(12)9(5-8)6-13/h3-5,7,11H,14H2,1-2H3/t11-/m0/s1. The van der Waals surface area contributed by atoms with Crippen LogP contribution in [0.2, 0.25) is 0 Å². The highest BCUT2D eigenvalue weighted by Crippen LogP contribution is 2.20. The molecular weight excluding hydrogens is 179 g/mol. The Labute approximate surface area is 83.2 Å². The van der Waals surface area contributed by atoms with Crippen LogP contribution in [-0.4, -0.2) is 0 Å². The van der Waals surface area contributed by atoms with Gasteiger partial charge in [-0.2, -0.15) is 5.26 Å². The third-order valence-electron chi connectivity index (χ3n) is 2.21. The zero-order valence-electron chi connectivity index (χ0n) is 8.29. The number of nitrogens with two attached hydrogens (primary N) is 1. The minimum Gasteiger partial charge on any atom is -0.324 e. The Balaban J connectivity index is 3.08. The minimum absolute atomic E-state index is 0.0543. The van der Waals surface area contributed by atoms with E-state index in [1.165, 1.54) is 12.1 Å². The first-order chi connectivity index (χ1) is 6.56. The Morgan fingerprint density at radius 1 is 1.43 bits per heavy atom. The largest absolute Gasteiger partial charge is 0.324 e. The number of halogens is 1. The van der Waals surface area contributed by atoms with Gasteiger partial charge < -0.3 is 5.73 Å². The zero-order valence-corrected chi connectivity index (χ0v) is 8.29. The number of hydrogen-bond acceptors (Lipinski definition) is 2. The summed E-state index contributed by atoms with van der Waals surface area (Å²) >= 11 is 0. The first-order valence-electron chi connectivity index (χ1n) is 4.51. The molecule has 0 bridgehead atoms. The van der Waals surface area contributed by atoms with E-state index in [9.17, 15) is 4.39 Å². The second-order valence-electron chi connectivity index (χ2n) is 3.62. The van der Waals surface area contributed by atoms with Gasteiger partial charge in [0, 0.05) is 6.04 Å². The fraction of sp³-hybridized carbons (Fsp3) is 0.364. The number of nitriles is 1. The van der Waals surface area contributed by atoms with E-state index < -0.39 is 5.82 Å². The van der Waals surface area contributed by atoms with Crippen molar-refractivity contribution in [2.24, 2.45) is 11.7 Å². The van der Waals surface area contributed by atoms with Crippen molar-refractivity contribution in [3.8, 4) is 6.07 Å². The number of rotatable bonds is 2. The summed E-state index contributed by atoms with van der Waals surface area (Å²) in [6.45, 7) is 3.97. The van der Waals surface area contributed by atoms with Gasteiger partial charge in [0.15, 0.2) is 0 Å². The topological polar surface area (TPSA) is 49.8 Å². The van der Waals surface area contributed by atoms with Gasteiger partial charge in [0.25, 0.3) is 0 Å². The fourth-order valence-corrected chi connectivity index (χ4v) is 1.22. The highest BCUT2D eigenvalue weighted by Gasteiger charge is 2.12. The van der Waals surface area contributed by atoms with Crippen molar-refractivity contribution in [3.05, 3.63) is 35.1 Å². The molecule has 0 saturated carbocycles. The molecular formula is C11H13FN2. The predicted octanol–water partition coefficient (Wildman–Crippen LogP) is 2.35. The summed E-state index contributed by atoms with van der Waals surface area (Å²) in [6, 6.07) is 6.08. The van der Waals surface area contributed by atoms with Crippen LogP contribution < -0.4 is 5.73 Å². The quantitative estimate of drug-likeness (QED) is 0.781. The van der Waals surface area contributed by atoms with Crippen LogP contribution in [0.1, 0.15) is 31.0 Å². The maximum atomic E-state index is 13.0. The summed E-state index contributed by atoms with van der Waals surface area (Å²) in [7, 11) is 0. The molecule has 0 heterocycles. The molecule has 0 aliphatic heterocycles. The van der Waals surface area contributed by atoms with Crippen molar-refractivity contribution < 1.29 is 4.39 Å². The van der Waals surface area contributed by atoms with Crippen LogP contribution in [0, 0.1) is 23.1 Å². The van der Waals surface area contributed by atoms with Crippen molar-refractivity contribution >= 4 is 0 Å². The molecule has 14 heavy (non-hydrogen) atoms. The molecule has 0 saturated heterocycles. The summed E-state index contributed by atoms with van der Waals surface area (Å²) in [4.78, 5) is 0. The molecule has 2 nitrogen and oxygen atoms in total. The van der Waals surface area contributed by atoms with Crippen LogP contribution >= 0.6 is 0 Å². The van der Waals surface area contributed by atoms with Gasteiger partial charge in [0.1, 0.15) is 11.9 Å². The lowest BCUT2D eigenvalue weighted by molar-refractivity contribution is 0.512. The number of hydrogen-bond donors (Lipinski definition) is 1. The van der Waals surface area contributed by atoms with Gasteiger partial charge in [0.2, 0.25) is 0 Å². The maximum absolute atomic E-state index is 13.0. The molecule has 0 aromatic heterocycles. The van der Waals surface area contributed by atoms with Gasteiger partial charge in [-0.25, -0.2) is 4.39 Å². The maximum Gasteiger partial charge on any atom is 0.140 e. The van der Waals surface area contributed by atoms with E-state index in [4.69, 9.17) is 11.0 Å². The summed E-state index contributed by atoms with van der Waals surface area (Å²) in [5, 5.41) is 8.63. The van der Waals surface area contributed by atoms with Crippen LogP contribution in [0.5, 0.6) is 0 Å². The third kappa shape index (κ3) is 2.09. The summed E-state index contributed by atoms with van der Waals surface area (Å²) < 4.78 is 13.0. The Kier molecular flexibility index (Phi) is 3.21. The summed E-state index contributed by atoms with van der Waals surface area (Å²) in [5.74, 6) is -0.223. The zero-order chi connectivity index (χ0) is 10.7. The highest BCUT2D eigenvalue weighted by atomic mass is 19.1. The van der Waals surface area contributed by atoms with Crippen molar-refractivity contribution in [1.82, 2.24) is 0 Å². The van der Waals surface area contributed by atoms with Gasteiger partial charge in [0.05, 0.1) is 5.56 Å². The van der Waals surface area contributed by atoms with Gasteiger partial charge in [-0.05, 0) is 23.6 Å². The Morgan fingerprint density at radius 2 is 2.07 bits per heavy atom. The molecule has 0 amide bonds. The average Bonchev–Trinajstić information content (AvgIpc) is 2.17. The van der Waals surface area contributed by atoms with Crippen LogP contribution in [0.3, 0.4) is 0 Å². The van der Waals surface area contributed by atoms with E-state index in [0.717, 1.165) is 5.56 Å².